The number of fused-ring (bicyclic) bond motifs is 3. The Balaban J connectivity index is 2.67. The number of aryl methyl sites for hydroxylation is 1. The molecule has 1 aromatic heterocycles. The van der Waals surface area contributed by atoms with Crippen molar-refractivity contribution in [2.75, 3.05) is 11.5 Å². The van der Waals surface area contributed by atoms with Crippen LogP contribution in [0, 0.1) is 6.92 Å². The predicted octanol–water partition coefficient (Wildman–Crippen LogP) is 2.45. The number of hydrogen-bond donors (Lipinski definition) is 2. The van der Waals surface area contributed by atoms with E-state index in [9.17, 15) is 0 Å². The highest BCUT2D eigenvalue weighted by Crippen LogP contribution is 2.34. The van der Waals surface area contributed by atoms with Crippen molar-refractivity contribution in [3.8, 4) is 0 Å². The number of benzene rings is 2. The molecule has 3 rings (SSSR count). The Morgan fingerprint density at radius 1 is 1.12 bits per heavy atom. The van der Waals surface area contributed by atoms with Crippen molar-refractivity contribution in [3.05, 3.63) is 29.8 Å². The van der Waals surface area contributed by atoms with E-state index in [1.165, 1.54) is 0 Å². The summed E-state index contributed by atoms with van der Waals surface area (Å²) in [5, 5.41) is 1.92. The van der Waals surface area contributed by atoms with E-state index in [-0.39, 0.29) is 6.01 Å². The van der Waals surface area contributed by atoms with Gasteiger partial charge in [0.05, 0.1) is 0 Å². The fourth-order valence-electron chi connectivity index (χ4n) is 2.02. The van der Waals surface area contributed by atoms with Crippen molar-refractivity contribution < 1.29 is 4.42 Å². The highest BCUT2D eigenvalue weighted by Gasteiger charge is 2.13. The monoisotopic (exact) mass is 213 g/mol. The number of nitrogen functional groups attached to an aromatic ring is 2. The van der Waals surface area contributed by atoms with E-state index in [2.05, 4.69) is 4.98 Å². The summed E-state index contributed by atoms with van der Waals surface area (Å²) >= 11 is 0. The second-order valence-electron chi connectivity index (χ2n) is 3.81. The van der Waals surface area contributed by atoms with Crippen LogP contribution >= 0.6 is 0 Å². The zero-order valence-electron chi connectivity index (χ0n) is 8.82. The molecule has 0 radical (unpaired) electrons. The first kappa shape index (κ1) is 9.03. The first-order chi connectivity index (χ1) is 7.68. The smallest absolute Gasteiger partial charge is 0.293 e. The largest absolute Gasteiger partial charge is 0.423 e. The summed E-state index contributed by atoms with van der Waals surface area (Å²) < 4.78 is 5.43. The maximum Gasteiger partial charge on any atom is 0.293 e. The molecule has 16 heavy (non-hydrogen) atoms. The van der Waals surface area contributed by atoms with Gasteiger partial charge in [0.25, 0.3) is 6.01 Å². The molecule has 4 N–H and O–H groups in total. The summed E-state index contributed by atoms with van der Waals surface area (Å²) in [4.78, 5) is 4.15. The van der Waals surface area contributed by atoms with E-state index >= 15 is 0 Å². The maximum atomic E-state index is 6.07. The second-order valence-corrected chi connectivity index (χ2v) is 3.81. The molecular weight excluding hydrogens is 202 g/mol. The quantitative estimate of drug-likeness (QED) is 0.562. The predicted molar refractivity (Wildman–Crippen MR) is 65.1 cm³/mol. The van der Waals surface area contributed by atoms with Crippen LogP contribution < -0.4 is 11.5 Å². The van der Waals surface area contributed by atoms with Gasteiger partial charge >= 0.3 is 0 Å². The van der Waals surface area contributed by atoms with Gasteiger partial charge in [-0.05, 0) is 6.92 Å². The average molecular weight is 213 g/mol. The third-order valence-electron chi connectivity index (χ3n) is 2.86. The number of aromatic nitrogens is 1. The molecule has 0 aliphatic carbocycles. The van der Waals surface area contributed by atoms with Crippen molar-refractivity contribution in [2.45, 2.75) is 6.92 Å². The molecule has 0 saturated carbocycles. The summed E-state index contributed by atoms with van der Waals surface area (Å²) in [6.07, 6.45) is 0. The highest BCUT2D eigenvalue weighted by molar-refractivity contribution is 6.11. The molecule has 4 nitrogen and oxygen atoms in total. The first-order valence-corrected chi connectivity index (χ1v) is 5.01. The third kappa shape index (κ3) is 1.01. The number of nitrogens with zero attached hydrogens (tertiary/aromatic N) is 1. The van der Waals surface area contributed by atoms with E-state index in [1.807, 2.05) is 31.2 Å². The zero-order valence-corrected chi connectivity index (χ0v) is 8.82. The van der Waals surface area contributed by atoms with Crippen molar-refractivity contribution in [2.24, 2.45) is 0 Å². The second kappa shape index (κ2) is 2.88. The Labute approximate surface area is 91.9 Å². The molecule has 0 aliphatic heterocycles. The van der Waals surface area contributed by atoms with Crippen LogP contribution in [-0.4, -0.2) is 4.98 Å². The molecule has 0 spiro atoms. The standard InChI is InChI=1S/C12H11N3O/c1-6-9(13)7-4-2-3-5-8(7)11-10(6)15-12(14)16-11/h2-5H,13H2,1H3,(H2,14,15). The van der Waals surface area contributed by atoms with E-state index in [4.69, 9.17) is 15.9 Å². The van der Waals surface area contributed by atoms with E-state index in [0.717, 1.165) is 27.5 Å². The fourth-order valence-corrected chi connectivity index (χ4v) is 2.02. The minimum Gasteiger partial charge on any atom is -0.423 e. The van der Waals surface area contributed by atoms with Crippen LogP contribution in [0.15, 0.2) is 28.7 Å². The molecule has 0 amide bonds. The zero-order chi connectivity index (χ0) is 11.3. The Morgan fingerprint density at radius 3 is 2.56 bits per heavy atom. The number of oxazole rings is 1. The highest BCUT2D eigenvalue weighted by atomic mass is 16.4. The number of hydrogen-bond acceptors (Lipinski definition) is 4. The van der Waals surface area contributed by atoms with Crippen LogP contribution in [0.4, 0.5) is 11.7 Å². The minimum absolute atomic E-state index is 0.175. The molecule has 2 aromatic carbocycles. The third-order valence-corrected chi connectivity index (χ3v) is 2.86. The summed E-state index contributed by atoms with van der Waals surface area (Å²) in [6, 6.07) is 7.99. The van der Waals surface area contributed by atoms with Crippen molar-refractivity contribution in [1.82, 2.24) is 4.98 Å². The molecule has 80 valence electrons. The molecule has 0 bridgehead atoms. The summed E-state index contributed by atoms with van der Waals surface area (Å²) in [7, 11) is 0. The number of nitrogens with two attached hydrogens (primary N) is 2. The van der Waals surface area contributed by atoms with Gasteiger partial charge in [-0.25, -0.2) is 0 Å². The molecule has 0 unspecified atom stereocenters. The molecular formula is C12H11N3O. The van der Waals surface area contributed by atoms with Gasteiger partial charge in [0.15, 0.2) is 5.58 Å². The molecule has 3 aromatic rings. The first-order valence-electron chi connectivity index (χ1n) is 5.01. The molecule has 0 saturated heterocycles. The Kier molecular flexibility index (Phi) is 1.63. The average Bonchev–Trinajstić information content (AvgIpc) is 2.68. The molecule has 4 heteroatoms. The van der Waals surface area contributed by atoms with E-state index in [1.54, 1.807) is 0 Å². The Morgan fingerprint density at radius 2 is 1.81 bits per heavy atom. The molecule has 0 aliphatic rings. The van der Waals surface area contributed by atoms with E-state index in [0.29, 0.717) is 5.58 Å². The SMILES string of the molecule is Cc1c(N)c2ccccc2c2oc(N)nc12. The van der Waals surface area contributed by atoms with Gasteiger partial charge in [-0.3, -0.25) is 0 Å². The molecule has 1 heterocycles. The van der Waals surface area contributed by atoms with Crippen LogP contribution in [0.2, 0.25) is 0 Å². The van der Waals surface area contributed by atoms with Crippen LogP contribution in [0.3, 0.4) is 0 Å². The van der Waals surface area contributed by atoms with Gasteiger partial charge in [-0.1, -0.05) is 24.3 Å². The van der Waals surface area contributed by atoms with E-state index < -0.39 is 0 Å². The van der Waals surface area contributed by atoms with Gasteiger partial charge < -0.3 is 15.9 Å². The lowest BCUT2D eigenvalue weighted by Gasteiger charge is -2.05. The van der Waals surface area contributed by atoms with Crippen LogP contribution in [0.1, 0.15) is 5.56 Å². The lowest BCUT2D eigenvalue weighted by Crippen LogP contribution is -1.92. The minimum atomic E-state index is 0.175. The lowest BCUT2D eigenvalue weighted by molar-refractivity contribution is 0.629. The topological polar surface area (TPSA) is 78.1 Å². The van der Waals surface area contributed by atoms with Crippen molar-refractivity contribution in [3.63, 3.8) is 0 Å². The van der Waals surface area contributed by atoms with Crippen molar-refractivity contribution in [1.29, 1.82) is 0 Å². The Hall–Kier alpha value is -2.23. The van der Waals surface area contributed by atoms with Crippen LogP contribution in [-0.2, 0) is 0 Å². The fraction of sp³-hybridized carbons (Fsp3) is 0.0833. The summed E-state index contributed by atoms with van der Waals surface area (Å²) in [5.74, 6) is 0. The molecule has 0 atom stereocenters. The van der Waals surface area contributed by atoms with Crippen molar-refractivity contribution >= 4 is 33.6 Å². The van der Waals surface area contributed by atoms with Gasteiger partial charge in [-0.2, -0.15) is 4.98 Å². The van der Waals surface area contributed by atoms with Crippen LogP contribution in [0.25, 0.3) is 21.9 Å². The molecule has 0 fully saturated rings. The normalized spacial score (nSPS) is 11.3. The van der Waals surface area contributed by atoms with Gasteiger partial charge in [0, 0.05) is 22.0 Å². The Bertz CT molecular complexity index is 700. The lowest BCUT2D eigenvalue weighted by atomic mass is 10.0. The van der Waals surface area contributed by atoms with Crippen LogP contribution in [0.5, 0.6) is 0 Å². The van der Waals surface area contributed by atoms with Gasteiger partial charge in [0.1, 0.15) is 5.52 Å². The maximum absolute atomic E-state index is 6.07. The number of anilines is 2. The summed E-state index contributed by atoms with van der Waals surface area (Å²) in [6.45, 7) is 1.92. The van der Waals surface area contributed by atoms with Gasteiger partial charge in [0.2, 0.25) is 0 Å². The summed E-state index contributed by atoms with van der Waals surface area (Å²) in [5.41, 5.74) is 14.7. The van der Waals surface area contributed by atoms with Gasteiger partial charge in [-0.15, -0.1) is 0 Å². The number of rotatable bonds is 0.